The molecule has 2 heterocycles. The average molecular weight is 358 g/mol. The minimum atomic E-state index is -0.883. The molecule has 3 rings (SSSR count). The maximum atomic E-state index is 14.0. The number of fused-ring (bicyclic) bond motifs is 1. The van der Waals surface area contributed by atoms with Gasteiger partial charge in [-0.3, -0.25) is 14.6 Å². The van der Waals surface area contributed by atoms with E-state index < -0.39 is 23.8 Å². The minimum Gasteiger partial charge on any atom is -0.269 e. The smallest absolute Gasteiger partial charge is 0.269 e. The van der Waals surface area contributed by atoms with Crippen LogP contribution in [-0.4, -0.2) is 57.6 Å². The molecule has 0 saturated carbocycles. The maximum absolute atomic E-state index is 14.0. The third kappa shape index (κ3) is 2.40. The van der Waals surface area contributed by atoms with E-state index in [4.69, 9.17) is 23.2 Å². The first-order valence-corrected chi connectivity index (χ1v) is 7.44. The fourth-order valence-corrected chi connectivity index (χ4v) is 3.05. The highest BCUT2D eigenvalue weighted by Gasteiger charge is 2.53. The molecule has 0 radical (unpaired) electrons. The van der Waals surface area contributed by atoms with Crippen LogP contribution in [0.15, 0.2) is 23.2 Å². The lowest BCUT2D eigenvalue weighted by atomic mass is 10.1. The molecule has 6 nitrogen and oxygen atoms in total. The Kier molecular flexibility index (Phi) is 3.85. The summed E-state index contributed by atoms with van der Waals surface area (Å²) in [6, 6.07) is 2.93. The predicted molar refractivity (Wildman–Crippen MR) is 83.4 cm³/mol. The summed E-state index contributed by atoms with van der Waals surface area (Å²) in [5.74, 6) is -0.762. The van der Waals surface area contributed by atoms with Crippen LogP contribution in [0, 0.1) is 5.82 Å². The second-order valence-corrected chi connectivity index (χ2v) is 5.95. The van der Waals surface area contributed by atoms with Gasteiger partial charge in [0.2, 0.25) is 0 Å². The van der Waals surface area contributed by atoms with Crippen LogP contribution < -0.4 is 0 Å². The van der Waals surface area contributed by atoms with Crippen LogP contribution in [0.4, 0.5) is 9.18 Å². The van der Waals surface area contributed by atoms with Crippen LogP contribution in [0.2, 0.25) is 5.02 Å². The summed E-state index contributed by atoms with van der Waals surface area (Å²) in [6.07, 6.45) is 0. The van der Waals surface area contributed by atoms with Crippen molar-refractivity contribution in [2.75, 3.05) is 14.1 Å². The predicted octanol–water partition coefficient (Wildman–Crippen LogP) is 1.89. The minimum absolute atomic E-state index is 0.00706. The van der Waals surface area contributed by atoms with Gasteiger partial charge in [-0.05, 0) is 17.1 Å². The van der Waals surface area contributed by atoms with Gasteiger partial charge in [-0.15, -0.1) is 0 Å². The Balaban J connectivity index is 2.01. The summed E-state index contributed by atoms with van der Waals surface area (Å²) >= 11 is 12.1. The number of likely N-dealkylation sites (N-methyl/N-ethyl adjacent to an activating group) is 2. The Hall–Kier alpha value is -1.99. The molecule has 1 atom stereocenters. The van der Waals surface area contributed by atoms with Gasteiger partial charge in [0.15, 0.2) is 0 Å². The van der Waals surface area contributed by atoms with Crippen LogP contribution in [0.25, 0.3) is 0 Å². The number of hydrogen-bond acceptors (Lipinski definition) is 3. The summed E-state index contributed by atoms with van der Waals surface area (Å²) in [7, 11) is 2.87. The lowest BCUT2D eigenvalue weighted by Crippen LogP contribution is -2.61. The Morgan fingerprint density at radius 2 is 1.96 bits per heavy atom. The highest BCUT2D eigenvalue weighted by atomic mass is 35.5. The van der Waals surface area contributed by atoms with Gasteiger partial charge in [-0.2, -0.15) is 0 Å². The van der Waals surface area contributed by atoms with Crippen LogP contribution in [0.5, 0.6) is 0 Å². The molecule has 23 heavy (non-hydrogen) atoms. The molecule has 9 heteroatoms. The van der Waals surface area contributed by atoms with Crippen molar-refractivity contribution in [2.24, 2.45) is 4.99 Å². The molecule has 1 unspecified atom stereocenters. The number of benzene rings is 1. The van der Waals surface area contributed by atoms with E-state index in [2.05, 4.69) is 4.99 Å². The molecule has 0 spiro atoms. The van der Waals surface area contributed by atoms with Crippen LogP contribution in [-0.2, 0) is 11.3 Å². The molecule has 0 bridgehead atoms. The summed E-state index contributed by atoms with van der Waals surface area (Å²) in [5.41, 5.74) is 0.207. The number of hydrogen-bond donors (Lipinski definition) is 0. The quantitative estimate of drug-likeness (QED) is 0.599. The summed E-state index contributed by atoms with van der Waals surface area (Å²) in [4.78, 5) is 30.7. The van der Waals surface area contributed by atoms with Crippen molar-refractivity contribution in [1.82, 2.24) is 9.80 Å². The van der Waals surface area contributed by atoms with Crippen LogP contribution >= 0.6 is 23.2 Å². The Morgan fingerprint density at radius 3 is 2.61 bits per heavy atom. The zero-order chi connectivity index (χ0) is 16.9. The molecule has 2 aliphatic rings. The summed E-state index contributed by atoms with van der Waals surface area (Å²) in [6.45, 7) is -0.0381. The van der Waals surface area contributed by atoms with E-state index in [0.29, 0.717) is 0 Å². The summed E-state index contributed by atoms with van der Waals surface area (Å²) in [5, 5.41) is 0.233. The first kappa shape index (κ1) is 15.9. The Labute approximate surface area is 141 Å². The van der Waals surface area contributed by atoms with Crippen LogP contribution in [0.1, 0.15) is 5.56 Å². The molecule has 0 aromatic heterocycles. The second-order valence-electron chi connectivity index (χ2n) is 5.21. The Morgan fingerprint density at radius 1 is 1.26 bits per heavy atom. The zero-order valence-electron chi connectivity index (χ0n) is 12.3. The molecule has 0 aliphatic carbocycles. The molecule has 2 aliphatic heterocycles. The van der Waals surface area contributed by atoms with Gasteiger partial charge in [0.05, 0.1) is 5.02 Å². The zero-order valence-corrected chi connectivity index (χ0v) is 13.8. The van der Waals surface area contributed by atoms with Gasteiger partial charge in [0, 0.05) is 31.3 Å². The number of nitrogens with zero attached hydrogens (tertiary/aromatic N) is 4. The lowest BCUT2D eigenvalue weighted by molar-refractivity contribution is -0.549. The van der Waals surface area contributed by atoms with Crippen molar-refractivity contribution in [3.8, 4) is 0 Å². The van der Waals surface area contributed by atoms with Crippen molar-refractivity contribution < 1.29 is 18.6 Å². The molecule has 1 aromatic rings. The Bertz CT molecular complexity index is 773. The lowest BCUT2D eigenvalue weighted by Gasteiger charge is -2.30. The molecular weight excluding hydrogens is 346 g/mol. The van der Waals surface area contributed by atoms with E-state index in [1.54, 1.807) is 6.07 Å². The normalized spacial score (nSPS) is 21.1. The largest absolute Gasteiger partial charge is 0.394 e. The first-order chi connectivity index (χ1) is 10.8. The number of amides is 3. The molecule has 1 aromatic carbocycles. The van der Waals surface area contributed by atoms with Gasteiger partial charge in [-0.25, -0.2) is 13.8 Å². The van der Waals surface area contributed by atoms with Crippen LogP contribution in [0.3, 0.4) is 0 Å². The first-order valence-electron chi connectivity index (χ1n) is 6.68. The molecule has 120 valence electrons. The average Bonchev–Trinajstić information content (AvgIpc) is 2.84. The van der Waals surface area contributed by atoms with E-state index >= 15 is 0 Å². The van der Waals surface area contributed by atoms with Crippen molar-refractivity contribution >= 4 is 46.3 Å². The van der Waals surface area contributed by atoms with Crippen molar-refractivity contribution in [3.05, 3.63) is 34.6 Å². The standard InChI is InChI=1S/C14H12Cl2FN4O2/c1-19-11-10(12(22)20(2)14(19)23)21(13(16)18-11)6-7-8(15)4-3-5-9(7)17/h3-5,10H,6H2,1-2H3/q+1. The van der Waals surface area contributed by atoms with Gasteiger partial charge < -0.3 is 0 Å². The van der Waals surface area contributed by atoms with E-state index in [1.807, 2.05) is 0 Å². The van der Waals surface area contributed by atoms with Crippen molar-refractivity contribution in [2.45, 2.75) is 12.6 Å². The van der Waals surface area contributed by atoms with E-state index in [0.717, 1.165) is 4.90 Å². The van der Waals surface area contributed by atoms with Crippen molar-refractivity contribution in [1.29, 1.82) is 0 Å². The van der Waals surface area contributed by atoms with Crippen molar-refractivity contribution in [3.63, 3.8) is 0 Å². The number of rotatable bonds is 2. The molecule has 3 amide bonds. The van der Waals surface area contributed by atoms with Gasteiger partial charge in [-0.1, -0.05) is 17.7 Å². The number of aliphatic imine (C=N–C) groups is 1. The topological polar surface area (TPSA) is 56.0 Å². The molecular formula is C14H12Cl2FN4O2+. The maximum Gasteiger partial charge on any atom is 0.394 e. The summed E-state index contributed by atoms with van der Waals surface area (Å²) < 4.78 is 15.4. The molecule has 1 fully saturated rings. The third-order valence-electron chi connectivity index (χ3n) is 3.87. The highest BCUT2D eigenvalue weighted by Crippen LogP contribution is 2.25. The van der Waals surface area contributed by atoms with E-state index in [-0.39, 0.29) is 28.3 Å². The number of urea groups is 1. The van der Waals surface area contributed by atoms with E-state index in [9.17, 15) is 14.0 Å². The van der Waals surface area contributed by atoms with Gasteiger partial charge in [0.25, 0.3) is 17.8 Å². The van der Waals surface area contributed by atoms with Gasteiger partial charge >= 0.3 is 11.3 Å². The monoisotopic (exact) mass is 357 g/mol. The molecule has 0 N–H and O–H groups in total. The third-order valence-corrected chi connectivity index (χ3v) is 4.53. The number of amidine groups is 2. The van der Waals surface area contributed by atoms with E-state index in [1.165, 1.54) is 35.7 Å². The number of carbonyl (C=O) groups is 2. The number of carbonyl (C=O) groups excluding carboxylic acids is 2. The second kappa shape index (κ2) is 5.58. The number of imide groups is 1. The SMILES string of the molecule is CN1C(=O)C2C(=NC(Cl)=[N+]2Cc2c(F)cccc2Cl)N(C)C1=O. The number of halogens is 3. The fraction of sp³-hybridized carbons (Fsp3) is 0.286. The molecule has 1 saturated heterocycles. The highest BCUT2D eigenvalue weighted by molar-refractivity contribution is 6.65. The van der Waals surface area contributed by atoms with Gasteiger partial charge in [0.1, 0.15) is 12.4 Å². The fourth-order valence-electron chi connectivity index (χ4n) is 2.58.